The van der Waals surface area contributed by atoms with E-state index in [-0.39, 0.29) is 0 Å². The minimum atomic E-state index is 0.420. The molecule has 54 valence electrons. The van der Waals surface area contributed by atoms with Crippen molar-refractivity contribution in [3.8, 4) is 6.07 Å². The van der Waals surface area contributed by atoms with Gasteiger partial charge in [-0.1, -0.05) is 0 Å². The van der Waals surface area contributed by atoms with Gasteiger partial charge < -0.3 is 5.73 Å². The van der Waals surface area contributed by atoms with E-state index in [2.05, 4.69) is 6.07 Å². The minimum Gasteiger partial charge on any atom is -0.327 e. The Hall–Kier alpha value is -0.550. The normalized spacial score (nSPS) is 50.0. The van der Waals surface area contributed by atoms with Crippen molar-refractivity contribution in [2.45, 2.75) is 25.3 Å². The molecular weight excluding hydrogens is 124 g/mol. The maximum atomic E-state index is 8.46. The molecule has 2 aliphatic carbocycles. The third-order valence-corrected chi connectivity index (χ3v) is 2.97. The molecule has 0 aromatic rings. The van der Waals surface area contributed by atoms with Crippen LogP contribution in [0.3, 0.4) is 0 Å². The van der Waals surface area contributed by atoms with Crippen LogP contribution in [0.15, 0.2) is 0 Å². The van der Waals surface area contributed by atoms with Gasteiger partial charge >= 0.3 is 0 Å². The van der Waals surface area contributed by atoms with Crippen LogP contribution in [0.2, 0.25) is 0 Å². The first-order valence-electron chi connectivity index (χ1n) is 3.95. The summed E-state index contributed by atoms with van der Waals surface area (Å²) in [6.45, 7) is 0. The standard InChI is InChI=1S/C8H12N2/c9-2-1-5-3-8(10)7-4-6(5)7/h5-8H,1,3-4,10H2. The first kappa shape index (κ1) is 6.18. The van der Waals surface area contributed by atoms with E-state index in [1.165, 1.54) is 6.42 Å². The molecule has 0 radical (unpaired) electrons. The second kappa shape index (κ2) is 1.96. The van der Waals surface area contributed by atoms with E-state index in [0.717, 1.165) is 24.7 Å². The van der Waals surface area contributed by atoms with E-state index in [1.54, 1.807) is 0 Å². The van der Waals surface area contributed by atoms with E-state index in [9.17, 15) is 0 Å². The van der Waals surface area contributed by atoms with Crippen molar-refractivity contribution in [3.63, 3.8) is 0 Å². The fourth-order valence-electron chi connectivity index (χ4n) is 2.32. The molecule has 10 heavy (non-hydrogen) atoms. The zero-order valence-electron chi connectivity index (χ0n) is 5.96. The topological polar surface area (TPSA) is 49.8 Å². The van der Waals surface area contributed by atoms with Crippen molar-refractivity contribution in [2.75, 3.05) is 0 Å². The monoisotopic (exact) mass is 136 g/mol. The van der Waals surface area contributed by atoms with Crippen LogP contribution in [-0.2, 0) is 0 Å². The first-order valence-corrected chi connectivity index (χ1v) is 3.95. The number of nitrogens with zero attached hydrogens (tertiary/aromatic N) is 1. The van der Waals surface area contributed by atoms with Crippen LogP contribution in [0.25, 0.3) is 0 Å². The predicted molar refractivity (Wildman–Crippen MR) is 37.9 cm³/mol. The van der Waals surface area contributed by atoms with E-state index in [0.29, 0.717) is 12.0 Å². The molecule has 0 saturated heterocycles. The van der Waals surface area contributed by atoms with Gasteiger partial charge in [-0.25, -0.2) is 0 Å². The zero-order valence-corrected chi connectivity index (χ0v) is 5.96. The highest BCUT2D eigenvalue weighted by Crippen LogP contribution is 2.55. The average Bonchev–Trinajstić information content (AvgIpc) is 2.59. The summed E-state index contributed by atoms with van der Waals surface area (Å²) < 4.78 is 0. The highest BCUT2D eigenvalue weighted by Gasteiger charge is 2.52. The molecule has 2 N–H and O–H groups in total. The van der Waals surface area contributed by atoms with E-state index < -0.39 is 0 Å². The van der Waals surface area contributed by atoms with Gasteiger partial charge in [-0.15, -0.1) is 0 Å². The second-order valence-electron chi connectivity index (χ2n) is 3.59. The Balaban J connectivity index is 1.96. The molecule has 0 amide bonds. The number of rotatable bonds is 1. The number of hydrogen-bond donors (Lipinski definition) is 1. The van der Waals surface area contributed by atoms with Gasteiger partial charge in [0.2, 0.25) is 0 Å². The van der Waals surface area contributed by atoms with Gasteiger partial charge in [0, 0.05) is 12.5 Å². The van der Waals surface area contributed by atoms with Crippen LogP contribution in [0.5, 0.6) is 0 Å². The van der Waals surface area contributed by atoms with Crippen LogP contribution < -0.4 is 5.73 Å². The number of fused-ring (bicyclic) bond motifs is 1. The Kier molecular flexibility index (Phi) is 1.21. The van der Waals surface area contributed by atoms with Gasteiger partial charge in [-0.3, -0.25) is 0 Å². The second-order valence-corrected chi connectivity index (χ2v) is 3.59. The van der Waals surface area contributed by atoms with Gasteiger partial charge in [-0.2, -0.15) is 5.26 Å². The SMILES string of the molecule is N#CCC1CC(N)C2CC12. The molecule has 4 unspecified atom stereocenters. The lowest BCUT2D eigenvalue weighted by molar-refractivity contribution is 0.471. The Morgan fingerprint density at radius 3 is 2.60 bits per heavy atom. The summed E-state index contributed by atoms with van der Waals surface area (Å²) in [5.41, 5.74) is 5.83. The number of nitrogens with two attached hydrogens (primary N) is 1. The van der Waals surface area contributed by atoms with Gasteiger partial charge in [0.1, 0.15) is 0 Å². The minimum absolute atomic E-state index is 0.420. The summed E-state index contributed by atoms with van der Waals surface area (Å²) in [7, 11) is 0. The highest BCUT2D eigenvalue weighted by atomic mass is 14.8. The first-order chi connectivity index (χ1) is 4.83. The third-order valence-electron chi connectivity index (χ3n) is 2.97. The van der Waals surface area contributed by atoms with Gasteiger partial charge in [0.25, 0.3) is 0 Å². The van der Waals surface area contributed by atoms with E-state index in [4.69, 9.17) is 11.0 Å². The molecule has 0 spiro atoms. The maximum Gasteiger partial charge on any atom is 0.0624 e. The zero-order chi connectivity index (χ0) is 7.14. The molecule has 2 nitrogen and oxygen atoms in total. The fraction of sp³-hybridized carbons (Fsp3) is 0.875. The Labute approximate surface area is 61.0 Å². The van der Waals surface area contributed by atoms with Crippen molar-refractivity contribution in [2.24, 2.45) is 23.5 Å². The lowest BCUT2D eigenvalue weighted by atomic mass is 9.99. The molecule has 0 bridgehead atoms. The van der Waals surface area contributed by atoms with Gasteiger partial charge in [-0.05, 0) is 30.6 Å². The average molecular weight is 136 g/mol. The number of hydrogen-bond acceptors (Lipinski definition) is 2. The molecular formula is C8H12N2. The van der Waals surface area contributed by atoms with Crippen LogP contribution in [0.4, 0.5) is 0 Å². The van der Waals surface area contributed by atoms with Crippen LogP contribution in [-0.4, -0.2) is 6.04 Å². The summed E-state index contributed by atoms with van der Waals surface area (Å²) in [5.74, 6) is 2.26. The predicted octanol–water partition coefficient (Wildman–Crippen LogP) is 0.883. The van der Waals surface area contributed by atoms with Crippen LogP contribution in [0.1, 0.15) is 19.3 Å². The maximum absolute atomic E-state index is 8.46. The smallest absolute Gasteiger partial charge is 0.0624 e. The molecule has 0 aliphatic heterocycles. The Morgan fingerprint density at radius 1 is 1.40 bits per heavy atom. The highest BCUT2D eigenvalue weighted by molar-refractivity contribution is 5.06. The lowest BCUT2D eigenvalue weighted by Gasteiger charge is -2.07. The molecule has 0 aromatic carbocycles. The van der Waals surface area contributed by atoms with Crippen molar-refractivity contribution >= 4 is 0 Å². The summed E-state index contributed by atoms with van der Waals surface area (Å²) in [6, 6.07) is 2.65. The number of nitriles is 1. The van der Waals surface area contributed by atoms with E-state index >= 15 is 0 Å². The molecule has 2 fully saturated rings. The Bertz CT molecular complexity index is 182. The molecule has 0 heterocycles. The largest absolute Gasteiger partial charge is 0.327 e. The van der Waals surface area contributed by atoms with Crippen molar-refractivity contribution < 1.29 is 0 Å². The van der Waals surface area contributed by atoms with Gasteiger partial charge in [0.05, 0.1) is 6.07 Å². The summed E-state index contributed by atoms with van der Waals surface area (Å²) in [4.78, 5) is 0. The Morgan fingerprint density at radius 2 is 2.20 bits per heavy atom. The van der Waals surface area contributed by atoms with Gasteiger partial charge in [0.15, 0.2) is 0 Å². The van der Waals surface area contributed by atoms with Crippen LogP contribution in [0, 0.1) is 29.1 Å². The molecule has 4 atom stereocenters. The third kappa shape index (κ3) is 0.741. The van der Waals surface area contributed by atoms with Crippen molar-refractivity contribution in [3.05, 3.63) is 0 Å². The quantitative estimate of drug-likeness (QED) is 0.581. The summed E-state index contributed by atoms with van der Waals surface area (Å²) in [6.07, 6.45) is 3.13. The molecule has 2 heteroatoms. The molecule has 2 aliphatic rings. The lowest BCUT2D eigenvalue weighted by Crippen LogP contribution is -2.20. The molecule has 2 rings (SSSR count). The van der Waals surface area contributed by atoms with Crippen molar-refractivity contribution in [1.82, 2.24) is 0 Å². The summed E-state index contributed by atoms with van der Waals surface area (Å²) >= 11 is 0. The molecule has 0 aromatic heterocycles. The van der Waals surface area contributed by atoms with E-state index in [1.807, 2.05) is 0 Å². The molecule has 2 saturated carbocycles. The summed E-state index contributed by atoms with van der Waals surface area (Å²) in [5, 5.41) is 8.46. The van der Waals surface area contributed by atoms with Crippen LogP contribution >= 0.6 is 0 Å². The van der Waals surface area contributed by atoms with Crippen molar-refractivity contribution in [1.29, 1.82) is 5.26 Å². The fourth-order valence-corrected chi connectivity index (χ4v) is 2.32.